The maximum Gasteiger partial charge on any atom is 0.220 e. The fourth-order valence-corrected chi connectivity index (χ4v) is 3.35. The van der Waals surface area contributed by atoms with Gasteiger partial charge in [-0.15, -0.1) is 0 Å². The summed E-state index contributed by atoms with van der Waals surface area (Å²) in [5.41, 5.74) is 0.586. The highest BCUT2D eigenvalue weighted by Gasteiger charge is 2.45. The predicted octanol–water partition coefficient (Wildman–Crippen LogP) is 1.90. The maximum absolute atomic E-state index is 14.0. The molecule has 2 bridgehead atoms. The first-order chi connectivity index (χ1) is 9.60. The standard InChI is InChI=1S/C15H22FN3O/c1-10(2)18-7-11-6-12(8-18)19(11)9-13-14(16)4-5-17-15(13)20-3/h4-5,10-12H,6-9H2,1-3H3. The zero-order valence-electron chi connectivity index (χ0n) is 12.3. The summed E-state index contributed by atoms with van der Waals surface area (Å²) in [7, 11) is 1.54. The second-order valence-corrected chi connectivity index (χ2v) is 6.04. The van der Waals surface area contributed by atoms with Crippen molar-refractivity contribution >= 4 is 0 Å². The fraction of sp³-hybridized carbons (Fsp3) is 0.667. The molecule has 0 amide bonds. The topological polar surface area (TPSA) is 28.6 Å². The lowest BCUT2D eigenvalue weighted by Gasteiger charge is -2.57. The summed E-state index contributed by atoms with van der Waals surface area (Å²) in [5.74, 6) is 0.193. The molecule has 0 spiro atoms. The molecule has 2 aliphatic rings. The Kier molecular flexibility index (Phi) is 3.65. The second-order valence-electron chi connectivity index (χ2n) is 6.04. The Hall–Kier alpha value is -1.20. The molecule has 1 aromatic rings. The van der Waals surface area contributed by atoms with E-state index in [0.717, 1.165) is 13.1 Å². The number of hydrogen-bond acceptors (Lipinski definition) is 4. The van der Waals surface area contributed by atoms with Crippen molar-refractivity contribution in [1.82, 2.24) is 14.8 Å². The molecule has 0 aliphatic carbocycles. The number of rotatable bonds is 4. The molecule has 4 nitrogen and oxygen atoms in total. The van der Waals surface area contributed by atoms with E-state index < -0.39 is 0 Å². The summed E-state index contributed by atoms with van der Waals surface area (Å²) in [5, 5.41) is 0. The minimum Gasteiger partial charge on any atom is -0.481 e. The average molecular weight is 279 g/mol. The molecule has 0 radical (unpaired) electrons. The Morgan fingerprint density at radius 2 is 2.10 bits per heavy atom. The number of halogens is 1. The molecule has 110 valence electrons. The summed E-state index contributed by atoms with van der Waals surface area (Å²) in [6.45, 7) is 7.23. The minimum atomic E-state index is -0.220. The second kappa shape index (κ2) is 5.30. The Morgan fingerprint density at radius 3 is 2.70 bits per heavy atom. The van der Waals surface area contributed by atoms with Gasteiger partial charge in [0.2, 0.25) is 5.88 Å². The van der Waals surface area contributed by atoms with E-state index in [4.69, 9.17) is 4.74 Å². The van der Waals surface area contributed by atoms with Crippen LogP contribution < -0.4 is 4.74 Å². The number of piperidine rings is 1. The van der Waals surface area contributed by atoms with Crippen LogP contribution in [0.25, 0.3) is 0 Å². The van der Waals surface area contributed by atoms with Gasteiger partial charge in [0, 0.05) is 44.0 Å². The van der Waals surface area contributed by atoms with Crippen LogP contribution in [0.4, 0.5) is 4.39 Å². The van der Waals surface area contributed by atoms with Crippen LogP contribution in [-0.2, 0) is 6.54 Å². The number of nitrogens with zero attached hydrogens (tertiary/aromatic N) is 3. The number of ether oxygens (including phenoxy) is 1. The van der Waals surface area contributed by atoms with E-state index in [2.05, 4.69) is 28.6 Å². The molecule has 0 saturated carbocycles. The summed E-state index contributed by atoms with van der Waals surface area (Å²) in [6.07, 6.45) is 2.68. The maximum atomic E-state index is 14.0. The molecule has 1 aromatic heterocycles. The molecule has 2 aliphatic heterocycles. The van der Waals surface area contributed by atoms with Crippen LogP contribution in [0.2, 0.25) is 0 Å². The van der Waals surface area contributed by atoms with Crippen molar-refractivity contribution in [2.75, 3.05) is 20.2 Å². The predicted molar refractivity (Wildman–Crippen MR) is 75.2 cm³/mol. The number of likely N-dealkylation sites (tertiary alicyclic amines) is 2. The van der Waals surface area contributed by atoms with Crippen LogP contribution in [0, 0.1) is 5.82 Å². The van der Waals surface area contributed by atoms with Gasteiger partial charge in [-0.25, -0.2) is 9.37 Å². The number of aromatic nitrogens is 1. The minimum absolute atomic E-state index is 0.220. The molecule has 3 rings (SSSR count). The molecule has 0 N–H and O–H groups in total. The quantitative estimate of drug-likeness (QED) is 0.841. The molecular weight excluding hydrogens is 257 g/mol. The van der Waals surface area contributed by atoms with Crippen molar-refractivity contribution < 1.29 is 9.13 Å². The van der Waals surface area contributed by atoms with E-state index in [0.29, 0.717) is 36.1 Å². The lowest BCUT2D eigenvalue weighted by molar-refractivity contribution is -0.0842. The summed E-state index contributed by atoms with van der Waals surface area (Å²) in [6, 6.07) is 3.08. The van der Waals surface area contributed by atoms with E-state index >= 15 is 0 Å². The lowest BCUT2D eigenvalue weighted by atomic mass is 9.86. The van der Waals surface area contributed by atoms with E-state index in [1.807, 2.05) is 0 Å². The van der Waals surface area contributed by atoms with Gasteiger partial charge in [-0.1, -0.05) is 0 Å². The van der Waals surface area contributed by atoms with Crippen molar-refractivity contribution in [3.05, 3.63) is 23.6 Å². The first-order valence-electron chi connectivity index (χ1n) is 7.27. The van der Waals surface area contributed by atoms with Gasteiger partial charge >= 0.3 is 0 Å². The highest BCUT2D eigenvalue weighted by atomic mass is 19.1. The van der Waals surface area contributed by atoms with Crippen LogP contribution in [0.5, 0.6) is 5.88 Å². The number of piperazine rings is 1. The van der Waals surface area contributed by atoms with Crippen molar-refractivity contribution in [2.45, 2.75) is 44.9 Å². The molecule has 0 aromatic carbocycles. The molecule has 20 heavy (non-hydrogen) atoms. The Bertz CT molecular complexity index is 482. The molecule has 3 heterocycles. The van der Waals surface area contributed by atoms with Gasteiger partial charge in [0.05, 0.1) is 12.7 Å². The van der Waals surface area contributed by atoms with E-state index in [1.165, 1.54) is 18.7 Å². The van der Waals surface area contributed by atoms with Crippen LogP contribution in [0.15, 0.2) is 12.3 Å². The smallest absolute Gasteiger partial charge is 0.220 e. The van der Waals surface area contributed by atoms with E-state index in [-0.39, 0.29) is 5.82 Å². The van der Waals surface area contributed by atoms with Crippen molar-refractivity contribution in [3.63, 3.8) is 0 Å². The van der Waals surface area contributed by atoms with Crippen molar-refractivity contribution in [3.8, 4) is 5.88 Å². The van der Waals surface area contributed by atoms with Crippen LogP contribution >= 0.6 is 0 Å². The molecule has 5 heteroatoms. The van der Waals surface area contributed by atoms with Gasteiger partial charge in [0.1, 0.15) is 5.82 Å². The normalized spacial score (nSPS) is 26.6. The van der Waals surface area contributed by atoms with Gasteiger partial charge < -0.3 is 4.74 Å². The number of methoxy groups -OCH3 is 1. The summed E-state index contributed by atoms with van der Waals surface area (Å²) >= 11 is 0. The third kappa shape index (κ3) is 2.29. The van der Waals surface area contributed by atoms with Crippen LogP contribution in [0.3, 0.4) is 0 Å². The van der Waals surface area contributed by atoms with Crippen LogP contribution in [0.1, 0.15) is 25.8 Å². The molecular formula is C15H22FN3O. The van der Waals surface area contributed by atoms with Gasteiger partial charge in [-0.3, -0.25) is 9.80 Å². The third-order valence-electron chi connectivity index (χ3n) is 4.60. The number of fused-ring (bicyclic) bond motifs is 2. The lowest BCUT2D eigenvalue weighted by Crippen LogP contribution is -2.68. The van der Waals surface area contributed by atoms with Gasteiger partial charge in [-0.2, -0.15) is 0 Å². The van der Waals surface area contributed by atoms with E-state index in [1.54, 1.807) is 7.11 Å². The van der Waals surface area contributed by atoms with Crippen molar-refractivity contribution in [2.24, 2.45) is 0 Å². The largest absolute Gasteiger partial charge is 0.481 e. The Labute approximate surface area is 119 Å². The van der Waals surface area contributed by atoms with Crippen LogP contribution in [-0.4, -0.2) is 53.1 Å². The Morgan fingerprint density at radius 1 is 1.40 bits per heavy atom. The SMILES string of the molecule is COc1nccc(F)c1CN1C2CC1CN(C(C)C)C2. The van der Waals surface area contributed by atoms with Crippen molar-refractivity contribution in [1.29, 1.82) is 0 Å². The molecule has 2 fully saturated rings. The number of hydrogen-bond donors (Lipinski definition) is 0. The highest BCUT2D eigenvalue weighted by Crippen LogP contribution is 2.35. The molecule has 2 unspecified atom stereocenters. The zero-order chi connectivity index (χ0) is 14.3. The van der Waals surface area contributed by atoms with Gasteiger partial charge in [0.25, 0.3) is 0 Å². The fourth-order valence-electron chi connectivity index (χ4n) is 3.35. The monoisotopic (exact) mass is 279 g/mol. The highest BCUT2D eigenvalue weighted by molar-refractivity contribution is 5.28. The molecule has 2 atom stereocenters. The first kappa shape index (κ1) is 13.8. The third-order valence-corrected chi connectivity index (χ3v) is 4.60. The van der Waals surface area contributed by atoms with Gasteiger partial charge in [0.15, 0.2) is 0 Å². The molecule has 2 saturated heterocycles. The Balaban J connectivity index is 1.72. The summed E-state index contributed by atoms with van der Waals surface area (Å²) in [4.78, 5) is 9.00. The van der Waals surface area contributed by atoms with E-state index in [9.17, 15) is 4.39 Å². The summed E-state index contributed by atoms with van der Waals surface area (Å²) < 4.78 is 19.2. The number of pyridine rings is 1. The zero-order valence-corrected chi connectivity index (χ0v) is 12.3. The van der Waals surface area contributed by atoms with Gasteiger partial charge in [-0.05, 0) is 26.3 Å². The average Bonchev–Trinajstić information content (AvgIpc) is 2.45. The first-order valence-corrected chi connectivity index (χ1v) is 7.27.